The second-order valence-corrected chi connectivity index (χ2v) is 7.67. The third kappa shape index (κ3) is 4.49. The number of hydrogen-bond acceptors (Lipinski definition) is 6. The zero-order chi connectivity index (χ0) is 18.5. The minimum atomic E-state index is 0.645. The second kappa shape index (κ2) is 8.44. The predicted molar refractivity (Wildman–Crippen MR) is 112 cm³/mol. The number of ether oxygens (including phenoxy) is 1. The van der Waals surface area contributed by atoms with E-state index in [1.807, 2.05) is 10.7 Å². The first kappa shape index (κ1) is 18.6. The van der Waals surface area contributed by atoms with Crippen molar-refractivity contribution in [3.8, 4) is 5.75 Å². The van der Waals surface area contributed by atoms with Crippen LogP contribution in [0.25, 0.3) is 10.8 Å². The number of hydrogen-bond donors (Lipinski definition) is 1. The Labute approximate surface area is 162 Å². The van der Waals surface area contributed by atoms with Crippen LogP contribution in [0.1, 0.15) is 5.56 Å². The average Bonchev–Trinajstić information content (AvgIpc) is 2.98. The Bertz CT molecular complexity index is 964. The quantitative estimate of drug-likeness (QED) is 0.455. The molecule has 26 heavy (non-hydrogen) atoms. The fourth-order valence-electron chi connectivity index (χ4n) is 2.72. The maximum atomic E-state index is 5.41. The van der Waals surface area contributed by atoms with Gasteiger partial charge in [0.05, 0.1) is 13.8 Å². The number of benzene rings is 2. The monoisotopic (exact) mass is 386 g/mol. The SMILES string of the molecule is C=CCNc1nn(CN(C)Cc2ccc3cc(OC)ccc3c2)c(=S)s1. The number of aromatic nitrogens is 2. The van der Waals surface area contributed by atoms with Crippen LogP contribution in [-0.2, 0) is 13.2 Å². The standard InChI is InChI=1S/C19H22N4OS2/c1-4-9-20-18-21-23(19(25)26-18)13-22(2)12-14-5-6-16-11-17(24-3)8-7-15(16)10-14/h4-8,10-11H,1,9,12-13H2,2-3H3,(H,20,21). The lowest BCUT2D eigenvalue weighted by Crippen LogP contribution is -2.22. The topological polar surface area (TPSA) is 42.3 Å². The van der Waals surface area contributed by atoms with Crippen molar-refractivity contribution in [3.63, 3.8) is 0 Å². The summed E-state index contributed by atoms with van der Waals surface area (Å²) in [4.78, 5) is 2.19. The Morgan fingerprint density at radius 1 is 1.31 bits per heavy atom. The third-order valence-corrected chi connectivity index (χ3v) is 5.21. The first-order chi connectivity index (χ1) is 12.6. The van der Waals surface area contributed by atoms with Crippen LogP contribution in [0.2, 0.25) is 0 Å². The predicted octanol–water partition coefficient (Wildman–Crippen LogP) is 4.52. The minimum absolute atomic E-state index is 0.645. The van der Waals surface area contributed by atoms with Gasteiger partial charge in [-0.25, -0.2) is 4.68 Å². The number of fused-ring (bicyclic) bond motifs is 1. The minimum Gasteiger partial charge on any atom is -0.497 e. The molecule has 0 saturated carbocycles. The smallest absolute Gasteiger partial charge is 0.204 e. The molecule has 3 rings (SSSR count). The molecule has 3 aromatic rings. The van der Waals surface area contributed by atoms with E-state index in [1.165, 1.54) is 27.7 Å². The van der Waals surface area contributed by atoms with Gasteiger partial charge in [0.2, 0.25) is 5.13 Å². The molecule has 0 atom stereocenters. The first-order valence-electron chi connectivity index (χ1n) is 8.27. The molecule has 1 heterocycles. The normalized spacial score (nSPS) is 11.0. The van der Waals surface area contributed by atoms with Gasteiger partial charge in [-0.3, -0.25) is 4.90 Å². The highest BCUT2D eigenvalue weighted by atomic mass is 32.1. The highest BCUT2D eigenvalue weighted by Crippen LogP contribution is 2.22. The summed E-state index contributed by atoms with van der Waals surface area (Å²) < 4.78 is 7.89. The molecule has 0 fully saturated rings. The van der Waals surface area contributed by atoms with Crippen molar-refractivity contribution in [3.05, 3.63) is 58.6 Å². The maximum Gasteiger partial charge on any atom is 0.204 e. The van der Waals surface area contributed by atoms with Crippen LogP contribution >= 0.6 is 23.6 Å². The molecule has 0 saturated heterocycles. The Hall–Kier alpha value is -2.22. The van der Waals surface area contributed by atoms with Gasteiger partial charge in [0.1, 0.15) is 5.75 Å². The van der Waals surface area contributed by atoms with Gasteiger partial charge in [-0.05, 0) is 53.8 Å². The van der Waals surface area contributed by atoms with Gasteiger partial charge in [-0.15, -0.1) is 11.7 Å². The number of anilines is 1. The second-order valence-electron chi connectivity index (χ2n) is 6.05. The number of nitrogens with zero attached hydrogens (tertiary/aromatic N) is 3. The van der Waals surface area contributed by atoms with Gasteiger partial charge < -0.3 is 10.1 Å². The van der Waals surface area contributed by atoms with Gasteiger partial charge in [-0.1, -0.05) is 35.6 Å². The number of rotatable bonds is 8. The molecule has 1 N–H and O–H groups in total. The Balaban J connectivity index is 1.68. The lowest BCUT2D eigenvalue weighted by molar-refractivity contribution is 0.246. The molecular weight excluding hydrogens is 364 g/mol. The molecule has 0 aliphatic carbocycles. The van der Waals surface area contributed by atoms with Gasteiger partial charge in [0.25, 0.3) is 0 Å². The van der Waals surface area contributed by atoms with Gasteiger partial charge in [-0.2, -0.15) is 0 Å². The maximum absolute atomic E-state index is 5.41. The van der Waals surface area contributed by atoms with E-state index >= 15 is 0 Å². The first-order valence-corrected chi connectivity index (χ1v) is 9.49. The highest BCUT2D eigenvalue weighted by Gasteiger charge is 2.07. The molecule has 2 aromatic carbocycles. The van der Waals surface area contributed by atoms with Gasteiger partial charge in [0.15, 0.2) is 3.95 Å². The Morgan fingerprint density at radius 3 is 2.85 bits per heavy atom. The fourth-order valence-corrected chi connectivity index (χ4v) is 3.72. The summed E-state index contributed by atoms with van der Waals surface area (Å²) in [6, 6.07) is 12.6. The van der Waals surface area contributed by atoms with Gasteiger partial charge >= 0.3 is 0 Å². The van der Waals surface area contributed by atoms with Crippen LogP contribution in [0.5, 0.6) is 5.75 Å². The van der Waals surface area contributed by atoms with Crippen LogP contribution < -0.4 is 10.1 Å². The van der Waals surface area contributed by atoms with Crippen molar-refractivity contribution < 1.29 is 4.74 Å². The van der Waals surface area contributed by atoms with Crippen molar-refractivity contribution in [2.24, 2.45) is 0 Å². The Morgan fingerprint density at radius 2 is 2.08 bits per heavy atom. The van der Waals surface area contributed by atoms with Crippen LogP contribution in [0.15, 0.2) is 49.1 Å². The Kier molecular flexibility index (Phi) is 6.03. The van der Waals surface area contributed by atoms with Crippen LogP contribution in [-0.4, -0.2) is 35.4 Å². The molecule has 0 aliphatic heterocycles. The molecule has 5 nitrogen and oxygen atoms in total. The van der Waals surface area contributed by atoms with Crippen molar-refractivity contribution in [1.29, 1.82) is 0 Å². The molecule has 1 aromatic heterocycles. The third-order valence-electron chi connectivity index (χ3n) is 3.94. The van der Waals surface area contributed by atoms with Crippen molar-refractivity contribution in [2.45, 2.75) is 13.2 Å². The largest absolute Gasteiger partial charge is 0.497 e. The summed E-state index contributed by atoms with van der Waals surface area (Å²) >= 11 is 6.89. The molecule has 136 valence electrons. The van der Waals surface area contributed by atoms with E-state index in [4.69, 9.17) is 17.0 Å². The zero-order valence-corrected chi connectivity index (χ0v) is 16.6. The van der Waals surface area contributed by atoms with E-state index in [9.17, 15) is 0 Å². The van der Waals surface area contributed by atoms with E-state index in [2.05, 4.69) is 59.3 Å². The van der Waals surface area contributed by atoms with Gasteiger partial charge in [0, 0.05) is 13.1 Å². The fraction of sp³-hybridized carbons (Fsp3) is 0.263. The van der Waals surface area contributed by atoms with Crippen molar-refractivity contribution in [1.82, 2.24) is 14.7 Å². The lowest BCUT2D eigenvalue weighted by atomic mass is 10.1. The number of nitrogens with one attached hydrogen (secondary N) is 1. The van der Waals surface area contributed by atoms with Crippen molar-refractivity contribution >= 4 is 39.5 Å². The number of methoxy groups -OCH3 is 1. The van der Waals surface area contributed by atoms with E-state index in [1.54, 1.807) is 13.2 Å². The van der Waals surface area contributed by atoms with Crippen LogP contribution in [0.3, 0.4) is 0 Å². The van der Waals surface area contributed by atoms with Crippen LogP contribution in [0, 0.1) is 3.95 Å². The molecule has 0 unspecified atom stereocenters. The van der Waals surface area contributed by atoms with E-state index in [-0.39, 0.29) is 0 Å². The zero-order valence-electron chi connectivity index (χ0n) is 14.9. The summed E-state index contributed by atoms with van der Waals surface area (Å²) in [5.74, 6) is 0.876. The molecule has 7 heteroatoms. The van der Waals surface area contributed by atoms with E-state index in [0.29, 0.717) is 13.2 Å². The molecule has 0 radical (unpaired) electrons. The lowest BCUT2D eigenvalue weighted by Gasteiger charge is -2.17. The molecule has 0 bridgehead atoms. The molecule has 0 aliphatic rings. The van der Waals surface area contributed by atoms with Crippen LogP contribution in [0.4, 0.5) is 5.13 Å². The summed E-state index contributed by atoms with van der Waals surface area (Å²) in [5, 5.41) is 10.9. The molecular formula is C19H22N4OS2. The summed E-state index contributed by atoms with van der Waals surface area (Å²) in [6.07, 6.45) is 1.80. The van der Waals surface area contributed by atoms with Crippen molar-refractivity contribution in [2.75, 3.05) is 26.0 Å². The molecule has 0 spiro atoms. The molecule has 0 amide bonds. The highest BCUT2D eigenvalue weighted by molar-refractivity contribution is 7.73. The summed E-state index contributed by atoms with van der Waals surface area (Å²) in [6.45, 7) is 5.84. The van der Waals surface area contributed by atoms with E-state index in [0.717, 1.165) is 21.4 Å². The summed E-state index contributed by atoms with van der Waals surface area (Å²) in [5.41, 5.74) is 1.25. The average molecular weight is 387 g/mol. The summed E-state index contributed by atoms with van der Waals surface area (Å²) in [7, 11) is 3.75. The van der Waals surface area contributed by atoms with E-state index < -0.39 is 0 Å².